The number of aliphatic carboxylic acids is 1. The summed E-state index contributed by atoms with van der Waals surface area (Å²) in [6.45, 7) is 0.213. The number of nitrogens with zero attached hydrogens (tertiary/aromatic N) is 1. The van der Waals surface area contributed by atoms with Gasteiger partial charge in [0.2, 0.25) is 0 Å². The quantitative estimate of drug-likeness (QED) is 0.868. The summed E-state index contributed by atoms with van der Waals surface area (Å²) < 4.78 is 0.682. The van der Waals surface area contributed by atoms with E-state index in [2.05, 4.69) is 27.3 Å². The summed E-state index contributed by atoms with van der Waals surface area (Å²) >= 11 is 3.31. The van der Waals surface area contributed by atoms with Crippen LogP contribution in [0.1, 0.15) is 17.0 Å². The molecule has 0 aliphatic carbocycles. The van der Waals surface area contributed by atoms with E-state index in [1.807, 2.05) is 18.2 Å². The minimum atomic E-state index is -0.901. The maximum Gasteiger partial charge on any atom is 0.312 e. The second kappa shape index (κ2) is 6.91. The van der Waals surface area contributed by atoms with Gasteiger partial charge in [-0.05, 0) is 33.6 Å². The summed E-state index contributed by atoms with van der Waals surface area (Å²) in [5, 5.41) is 21.6. The molecule has 1 atom stereocenters. The molecule has 0 saturated heterocycles. The molecule has 5 heteroatoms. The zero-order chi connectivity index (χ0) is 15.2. The monoisotopic (exact) mass is 344 g/mol. The zero-order valence-corrected chi connectivity index (χ0v) is 12.7. The van der Waals surface area contributed by atoms with Crippen LogP contribution in [0.25, 0.3) is 0 Å². The normalized spacial score (nSPS) is 11.4. The van der Waals surface area contributed by atoms with E-state index in [1.54, 1.807) is 30.3 Å². The summed E-state index contributed by atoms with van der Waals surface area (Å²) in [6.07, 6.45) is 0. The van der Waals surface area contributed by atoms with E-state index in [0.717, 1.165) is 5.56 Å². The first-order chi connectivity index (χ1) is 10.1. The van der Waals surface area contributed by atoms with E-state index in [-0.39, 0.29) is 6.54 Å². The molecule has 0 aliphatic heterocycles. The molecule has 1 unspecified atom stereocenters. The summed E-state index contributed by atoms with van der Waals surface area (Å²) in [5.74, 6) is -1.57. The fourth-order valence-electron chi connectivity index (χ4n) is 2.03. The van der Waals surface area contributed by atoms with Crippen molar-refractivity contribution < 1.29 is 9.90 Å². The first-order valence-corrected chi connectivity index (χ1v) is 7.13. The maximum atomic E-state index is 11.4. The van der Waals surface area contributed by atoms with Gasteiger partial charge < -0.3 is 10.4 Å². The molecular weight excluding hydrogens is 332 g/mol. The molecule has 0 aromatic heterocycles. The number of halogens is 1. The Morgan fingerprint density at radius 1 is 1.24 bits per heavy atom. The fraction of sp³-hybridized carbons (Fsp3) is 0.125. The van der Waals surface area contributed by atoms with Gasteiger partial charge in [0.1, 0.15) is 6.07 Å². The minimum Gasteiger partial charge on any atom is -0.481 e. The first-order valence-electron chi connectivity index (χ1n) is 6.33. The second-order valence-corrected chi connectivity index (χ2v) is 5.31. The van der Waals surface area contributed by atoms with Crippen molar-refractivity contribution in [1.29, 1.82) is 5.26 Å². The molecule has 0 fully saturated rings. The Kier molecular flexibility index (Phi) is 4.96. The van der Waals surface area contributed by atoms with E-state index in [1.165, 1.54) is 0 Å². The van der Waals surface area contributed by atoms with Crippen LogP contribution in [-0.4, -0.2) is 17.6 Å². The lowest BCUT2D eigenvalue weighted by Crippen LogP contribution is -2.21. The van der Waals surface area contributed by atoms with Gasteiger partial charge in [0.25, 0.3) is 0 Å². The van der Waals surface area contributed by atoms with Crippen LogP contribution in [0.2, 0.25) is 0 Å². The number of hydrogen-bond donors (Lipinski definition) is 2. The van der Waals surface area contributed by atoms with Gasteiger partial charge in [-0.3, -0.25) is 4.79 Å². The standard InChI is InChI=1S/C16H13BrN2O2/c17-14-7-4-8-15(12(14)9-18)19-10-13(16(20)21)11-5-2-1-3-6-11/h1-8,13,19H,10H2,(H,20,21). The fourth-order valence-corrected chi connectivity index (χ4v) is 2.49. The number of carbonyl (C=O) groups is 1. The summed E-state index contributed by atoms with van der Waals surface area (Å²) in [4.78, 5) is 11.4. The maximum absolute atomic E-state index is 11.4. The third-order valence-corrected chi connectivity index (χ3v) is 3.78. The van der Waals surface area contributed by atoms with Crippen LogP contribution in [0.5, 0.6) is 0 Å². The molecule has 0 heterocycles. The number of anilines is 1. The molecule has 0 radical (unpaired) electrons. The summed E-state index contributed by atoms with van der Waals surface area (Å²) in [6, 6.07) is 16.5. The molecule has 2 aromatic rings. The van der Waals surface area contributed by atoms with Crippen molar-refractivity contribution in [3.63, 3.8) is 0 Å². The van der Waals surface area contributed by atoms with Gasteiger partial charge in [-0.1, -0.05) is 36.4 Å². The van der Waals surface area contributed by atoms with Crippen LogP contribution >= 0.6 is 15.9 Å². The molecule has 21 heavy (non-hydrogen) atoms. The smallest absolute Gasteiger partial charge is 0.312 e. The topological polar surface area (TPSA) is 73.1 Å². The molecule has 0 saturated carbocycles. The number of carboxylic acids is 1. The van der Waals surface area contributed by atoms with E-state index in [0.29, 0.717) is 15.7 Å². The number of benzene rings is 2. The van der Waals surface area contributed by atoms with Crippen LogP contribution < -0.4 is 5.32 Å². The molecule has 0 amide bonds. The summed E-state index contributed by atoms with van der Waals surface area (Å²) in [5.41, 5.74) is 1.81. The SMILES string of the molecule is N#Cc1c(Br)cccc1NCC(C(=O)O)c1ccccc1. The Balaban J connectivity index is 2.20. The van der Waals surface area contributed by atoms with Gasteiger partial charge in [-0.15, -0.1) is 0 Å². The molecule has 0 bridgehead atoms. The van der Waals surface area contributed by atoms with E-state index in [9.17, 15) is 9.90 Å². The van der Waals surface area contributed by atoms with Crippen LogP contribution in [0.4, 0.5) is 5.69 Å². The molecule has 0 aliphatic rings. The molecule has 2 aromatic carbocycles. The summed E-state index contributed by atoms with van der Waals surface area (Å²) in [7, 11) is 0. The minimum absolute atomic E-state index is 0.213. The van der Waals surface area contributed by atoms with Crippen LogP contribution in [0, 0.1) is 11.3 Å². The third-order valence-electron chi connectivity index (χ3n) is 3.12. The third kappa shape index (κ3) is 3.61. The van der Waals surface area contributed by atoms with Crippen molar-refractivity contribution in [3.8, 4) is 6.07 Å². The second-order valence-electron chi connectivity index (χ2n) is 4.46. The lowest BCUT2D eigenvalue weighted by Gasteiger charge is -2.15. The average Bonchev–Trinajstić information content (AvgIpc) is 2.48. The zero-order valence-electron chi connectivity index (χ0n) is 11.1. The van der Waals surface area contributed by atoms with Gasteiger partial charge >= 0.3 is 5.97 Å². The molecule has 0 spiro atoms. The number of rotatable bonds is 5. The molecule has 2 N–H and O–H groups in total. The molecular formula is C16H13BrN2O2. The average molecular weight is 345 g/mol. The number of hydrogen-bond acceptors (Lipinski definition) is 3. The van der Waals surface area contributed by atoms with Crippen molar-refractivity contribution in [2.75, 3.05) is 11.9 Å². The Morgan fingerprint density at radius 2 is 1.95 bits per heavy atom. The van der Waals surface area contributed by atoms with E-state index < -0.39 is 11.9 Å². The van der Waals surface area contributed by atoms with Gasteiger partial charge in [-0.25, -0.2) is 0 Å². The first kappa shape index (κ1) is 15.1. The van der Waals surface area contributed by atoms with Crippen molar-refractivity contribution in [1.82, 2.24) is 0 Å². The number of carboxylic acid groups (broad SMARTS) is 1. The van der Waals surface area contributed by atoms with Crippen molar-refractivity contribution in [2.24, 2.45) is 0 Å². The Labute approximate surface area is 131 Å². The molecule has 106 valence electrons. The van der Waals surface area contributed by atoms with Crippen LogP contribution in [-0.2, 0) is 4.79 Å². The van der Waals surface area contributed by atoms with Crippen molar-refractivity contribution in [3.05, 3.63) is 64.1 Å². The highest BCUT2D eigenvalue weighted by Crippen LogP contribution is 2.25. The van der Waals surface area contributed by atoms with Crippen LogP contribution in [0.3, 0.4) is 0 Å². The van der Waals surface area contributed by atoms with Gasteiger partial charge in [0.05, 0.1) is 17.2 Å². The van der Waals surface area contributed by atoms with Gasteiger partial charge in [0, 0.05) is 11.0 Å². The lowest BCUT2D eigenvalue weighted by atomic mass is 9.99. The Hall–Kier alpha value is -2.32. The van der Waals surface area contributed by atoms with E-state index in [4.69, 9.17) is 5.26 Å². The Morgan fingerprint density at radius 3 is 2.57 bits per heavy atom. The van der Waals surface area contributed by atoms with Gasteiger partial charge in [-0.2, -0.15) is 5.26 Å². The molecule has 2 rings (SSSR count). The highest BCUT2D eigenvalue weighted by molar-refractivity contribution is 9.10. The predicted molar refractivity (Wildman–Crippen MR) is 84.2 cm³/mol. The van der Waals surface area contributed by atoms with Gasteiger partial charge in [0.15, 0.2) is 0 Å². The largest absolute Gasteiger partial charge is 0.481 e. The van der Waals surface area contributed by atoms with Crippen molar-refractivity contribution in [2.45, 2.75) is 5.92 Å². The van der Waals surface area contributed by atoms with E-state index >= 15 is 0 Å². The van der Waals surface area contributed by atoms with Crippen LogP contribution in [0.15, 0.2) is 53.0 Å². The highest BCUT2D eigenvalue weighted by atomic mass is 79.9. The lowest BCUT2D eigenvalue weighted by molar-refractivity contribution is -0.138. The molecule has 4 nitrogen and oxygen atoms in total. The Bertz CT molecular complexity index is 680. The number of nitriles is 1. The van der Waals surface area contributed by atoms with Crippen molar-refractivity contribution >= 4 is 27.6 Å². The number of nitrogens with one attached hydrogen (secondary N) is 1. The highest BCUT2D eigenvalue weighted by Gasteiger charge is 2.19. The predicted octanol–water partition coefficient (Wildman–Crippen LogP) is 3.60.